The Morgan fingerprint density at radius 3 is 2.53 bits per heavy atom. The highest BCUT2D eigenvalue weighted by Gasteiger charge is 2.15. The van der Waals surface area contributed by atoms with Crippen molar-refractivity contribution in [2.75, 3.05) is 13.2 Å². The van der Waals surface area contributed by atoms with E-state index in [4.69, 9.17) is 15.6 Å². The Kier molecular flexibility index (Phi) is 5.49. The van der Waals surface area contributed by atoms with Crippen molar-refractivity contribution in [2.24, 2.45) is 11.7 Å². The van der Waals surface area contributed by atoms with Crippen LogP contribution >= 0.6 is 0 Å². The second kappa shape index (κ2) is 6.91. The van der Waals surface area contributed by atoms with Gasteiger partial charge in [0.15, 0.2) is 0 Å². The van der Waals surface area contributed by atoms with E-state index in [1.54, 1.807) is 0 Å². The van der Waals surface area contributed by atoms with Gasteiger partial charge in [-0.2, -0.15) is 0 Å². The van der Waals surface area contributed by atoms with E-state index in [-0.39, 0.29) is 6.54 Å². The summed E-state index contributed by atoms with van der Waals surface area (Å²) in [6.45, 7) is 2.90. The molecule has 17 heavy (non-hydrogen) atoms. The zero-order valence-corrected chi connectivity index (χ0v) is 10.1. The minimum atomic E-state index is -0.848. The molecule has 1 aromatic carbocycles. The molecule has 0 saturated carbocycles. The van der Waals surface area contributed by atoms with Gasteiger partial charge in [0.05, 0.1) is 12.5 Å². The maximum absolute atomic E-state index is 10.8. The second-order valence-corrected chi connectivity index (χ2v) is 3.97. The van der Waals surface area contributed by atoms with Gasteiger partial charge < -0.3 is 15.6 Å². The zero-order chi connectivity index (χ0) is 12.7. The highest BCUT2D eigenvalue weighted by Crippen LogP contribution is 2.15. The minimum Gasteiger partial charge on any atom is -0.494 e. The van der Waals surface area contributed by atoms with Crippen molar-refractivity contribution in [3.8, 4) is 5.75 Å². The Labute approximate surface area is 101 Å². The molecule has 1 aromatic rings. The van der Waals surface area contributed by atoms with Crippen LogP contribution in [0.4, 0.5) is 0 Å². The average Bonchev–Trinajstić information content (AvgIpc) is 2.34. The van der Waals surface area contributed by atoms with E-state index < -0.39 is 11.9 Å². The molecular weight excluding hydrogens is 218 g/mol. The molecule has 1 atom stereocenters. The van der Waals surface area contributed by atoms with Crippen LogP contribution in [0.2, 0.25) is 0 Å². The monoisotopic (exact) mass is 237 g/mol. The summed E-state index contributed by atoms with van der Waals surface area (Å²) in [7, 11) is 0. The summed E-state index contributed by atoms with van der Waals surface area (Å²) in [5.41, 5.74) is 6.38. The summed E-state index contributed by atoms with van der Waals surface area (Å²) in [6, 6.07) is 7.49. The molecule has 0 heterocycles. The number of benzene rings is 1. The number of carbonyl (C=O) groups is 1. The van der Waals surface area contributed by atoms with Gasteiger partial charge in [-0.05, 0) is 30.5 Å². The first-order valence-electron chi connectivity index (χ1n) is 5.82. The molecule has 0 bridgehead atoms. The lowest BCUT2D eigenvalue weighted by Gasteiger charge is -2.10. The topological polar surface area (TPSA) is 72.5 Å². The number of hydrogen-bond donors (Lipinski definition) is 2. The molecule has 0 spiro atoms. The Bertz CT molecular complexity index is 348. The van der Waals surface area contributed by atoms with Gasteiger partial charge >= 0.3 is 5.97 Å². The van der Waals surface area contributed by atoms with Gasteiger partial charge in [0.2, 0.25) is 0 Å². The molecule has 4 heteroatoms. The van der Waals surface area contributed by atoms with Gasteiger partial charge in [0, 0.05) is 6.54 Å². The van der Waals surface area contributed by atoms with Gasteiger partial charge in [0.1, 0.15) is 5.75 Å². The number of rotatable bonds is 7. The van der Waals surface area contributed by atoms with Gasteiger partial charge in [-0.15, -0.1) is 0 Å². The van der Waals surface area contributed by atoms with Crippen LogP contribution in [0.25, 0.3) is 0 Å². The standard InChI is InChI=1S/C13H19NO3/c1-2-7-17-12-5-3-10(4-6-12)8-11(9-14)13(15)16/h3-6,11H,2,7-9,14H2,1H3,(H,15,16). The zero-order valence-electron chi connectivity index (χ0n) is 10.1. The molecule has 1 unspecified atom stereocenters. The lowest BCUT2D eigenvalue weighted by Crippen LogP contribution is -2.25. The van der Waals surface area contributed by atoms with E-state index in [1.165, 1.54) is 0 Å². The fraction of sp³-hybridized carbons (Fsp3) is 0.462. The number of aliphatic carboxylic acids is 1. The summed E-state index contributed by atoms with van der Waals surface area (Å²) < 4.78 is 5.45. The Morgan fingerprint density at radius 2 is 2.06 bits per heavy atom. The van der Waals surface area contributed by atoms with E-state index in [9.17, 15) is 4.79 Å². The predicted molar refractivity (Wildman–Crippen MR) is 66.1 cm³/mol. The van der Waals surface area contributed by atoms with Crippen LogP contribution in [-0.4, -0.2) is 24.2 Å². The van der Waals surface area contributed by atoms with E-state index in [0.29, 0.717) is 13.0 Å². The summed E-state index contributed by atoms with van der Waals surface area (Å²) in [5, 5.41) is 8.90. The first kappa shape index (κ1) is 13.5. The first-order chi connectivity index (χ1) is 8.17. The molecule has 0 aliphatic heterocycles. The molecule has 4 nitrogen and oxygen atoms in total. The van der Waals surface area contributed by atoms with Crippen LogP contribution in [0.3, 0.4) is 0 Å². The summed E-state index contributed by atoms with van der Waals surface area (Å²) >= 11 is 0. The molecule has 0 radical (unpaired) electrons. The van der Waals surface area contributed by atoms with E-state index >= 15 is 0 Å². The number of carboxylic acid groups (broad SMARTS) is 1. The SMILES string of the molecule is CCCOc1ccc(CC(CN)C(=O)O)cc1. The molecule has 0 aliphatic rings. The van der Waals surface area contributed by atoms with Crippen LogP contribution in [-0.2, 0) is 11.2 Å². The summed E-state index contributed by atoms with van der Waals surface area (Å²) in [6.07, 6.45) is 1.43. The second-order valence-electron chi connectivity index (χ2n) is 3.97. The van der Waals surface area contributed by atoms with Gasteiger partial charge in [-0.1, -0.05) is 19.1 Å². The maximum Gasteiger partial charge on any atom is 0.308 e. The molecule has 0 aliphatic carbocycles. The molecule has 94 valence electrons. The van der Waals surface area contributed by atoms with Crippen LogP contribution in [0, 0.1) is 5.92 Å². The van der Waals surface area contributed by atoms with Crippen LogP contribution in [0.15, 0.2) is 24.3 Å². The van der Waals surface area contributed by atoms with E-state index in [1.807, 2.05) is 31.2 Å². The Morgan fingerprint density at radius 1 is 1.41 bits per heavy atom. The highest BCUT2D eigenvalue weighted by atomic mass is 16.5. The van der Waals surface area contributed by atoms with E-state index in [2.05, 4.69) is 0 Å². The maximum atomic E-state index is 10.8. The molecular formula is C13H19NO3. The fourth-order valence-corrected chi connectivity index (χ4v) is 1.50. The molecule has 0 saturated heterocycles. The smallest absolute Gasteiger partial charge is 0.308 e. The lowest BCUT2D eigenvalue weighted by molar-refractivity contribution is -0.141. The van der Waals surface area contributed by atoms with Crippen LogP contribution in [0.1, 0.15) is 18.9 Å². The number of hydrogen-bond acceptors (Lipinski definition) is 3. The third-order valence-corrected chi connectivity index (χ3v) is 2.51. The normalized spacial score (nSPS) is 12.1. The van der Waals surface area contributed by atoms with Gasteiger partial charge in [-0.25, -0.2) is 0 Å². The quantitative estimate of drug-likeness (QED) is 0.756. The van der Waals surface area contributed by atoms with Crippen molar-refractivity contribution >= 4 is 5.97 Å². The van der Waals surface area contributed by atoms with Crippen molar-refractivity contribution in [3.63, 3.8) is 0 Å². The molecule has 0 amide bonds. The predicted octanol–water partition coefficient (Wildman–Crippen LogP) is 1.68. The van der Waals surface area contributed by atoms with Crippen molar-refractivity contribution in [2.45, 2.75) is 19.8 Å². The third kappa shape index (κ3) is 4.44. The number of nitrogens with two attached hydrogens (primary N) is 1. The summed E-state index contributed by atoms with van der Waals surface area (Å²) in [5.74, 6) is -0.550. The van der Waals surface area contributed by atoms with Crippen LogP contribution in [0.5, 0.6) is 5.75 Å². The van der Waals surface area contributed by atoms with Crippen LogP contribution < -0.4 is 10.5 Å². The average molecular weight is 237 g/mol. The Hall–Kier alpha value is -1.55. The lowest BCUT2D eigenvalue weighted by atomic mass is 10.00. The van der Waals surface area contributed by atoms with Gasteiger partial charge in [-0.3, -0.25) is 4.79 Å². The Balaban J connectivity index is 2.58. The molecule has 3 N–H and O–H groups in total. The van der Waals surface area contributed by atoms with Gasteiger partial charge in [0.25, 0.3) is 0 Å². The van der Waals surface area contributed by atoms with Crippen molar-refractivity contribution in [1.29, 1.82) is 0 Å². The van der Waals surface area contributed by atoms with Crippen molar-refractivity contribution in [3.05, 3.63) is 29.8 Å². The number of carboxylic acids is 1. The summed E-state index contributed by atoms with van der Waals surface area (Å²) in [4.78, 5) is 10.8. The highest BCUT2D eigenvalue weighted by molar-refractivity contribution is 5.70. The van der Waals surface area contributed by atoms with Crippen molar-refractivity contribution < 1.29 is 14.6 Å². The van der Waals surface area contributed by atoms with E-state index in [0.717, 1.165) is 17.7 Å². The largest absolute Gasteiger partial charge is 0.494 e. The molecule has 0 fully saturated rings. The number of ether oxygens (including phenoxy) is 1. The fourth-order valence-electron chi connectivity index (χ4n) is 1.50. The van der Waals surface area contributed by atoms with Crippen molar-refractivity contribution in [1.82, 2.24) is 0 Å². The third-order valence-electron chi connectivity index (χ3n) is 2.51. The minimum absolute atomic E-state index is 0.156. The molecule has 1 rings (SSSR count). The molecule has 0 aromatic heterocycles. The first-order valence-corrected chi connectivity index (χ1v) is 5.82.